The average Bonchev–Trinajstić information content (AvgIpc) is 3.38. The highest BCUT2D eigenvalue weighted by atomic mass is 16.6. The van der Waals surface area contributed by atoms with Gasteiger partial charge in [0.25, 0.3) is 0 Å². The quantitative estimate of drug-likeness (QED) is 0.0261. The summed E-state index contributed by atoms with van der Waals surface area (Å²) in [6.45, 7) is 6.40. The van der Waals surface area contributed by atoms with E-state index in [4.69, 9.17) is 14.2 Å². The summed E-state index contributed by atoms with van der Waals surface area (Å²) in [5, 5.41) is 0. The molecule has 0 aromatic carbocycles. The molecule has 0 saturated heterocycles. The van der Waals surface area contributed by atoms with Crippen LogP contribution >= 0.6 is 0 Å². The van der Waals surface area contributed by atoms with Gasteiger partial charge in [0, 0.05) is 19.3 Å². The van der Waals surface area contributed by atoms with Crippen LogP contribution in [0.25, 0.3) is 0 Å². The lowest BCUT2D eigenvalue weighted by Gasteiger charge is -2.18. The van der Waals surface area contributed by atoms with Gasteiger partial charge in [0.05, 0.1) is 0 Å². The SMILES string of the molecule is CC/C=C\C/C=C\C/C=C\C/C=C\CCCCCCCCCCCCCCCCC(=O)OCC(COC(=O)CCCCCCCCCCCC)OC(=O)CCCCCC/C=C\C/C=C\C/C=C\C/C=C\CC. The van der Waals surface area contributed by atoms with Crippen LogP contribution in [-0.2, 0) is 28.6 Å². The molecule has 0 spiro atoms. The molecular weight excluding hydrogens is 889 g/mol. The standard InChI is InChI=1S/C66H112O6/c1-4-7-10-13-16-19-22-24-26-28-29-30-31-32-33-34-35-36-37-39-40-42-44-47-50-53-56-59-65(68)71-62-63(61-70-64(67)58-55-52-49-46-21-18-15-12-9-6-3)72-66(69)60-57-54-51-48-45-43-41-38-27-25-23-20-17-14-11-8-5-2/h7-8,10-11,16-17,19-20,24-27,29-30,41,43,63H,4-6,9,12-15,18,21-23,28,31-40,42,44-62H2,1-3H3/b10-7-,11-8-,19-16-,20-17-,26-24-,27-25-,30-29-,43-41-. The Morgan fingerprint density at radius 2 is 0.542 bits per heavy atom. The fourth-order valence-electron chi connectivity index (χ4n) is 8.37. The van der Waals surface area contributed by atoms with E-state index in [2.05, 4.69) is 118 Å². The number of hydrogen-bond acceptors (Lipinski definition) is 6. The van der Waals surface area contributed by atoms with Crippen molar-refractivity contribution in [3.05, 3.63) is 97.2 Å². The zero-order valence-electron chi connectivity index (χ0n) is 47.2. The third-order valence-electron chi connectivity index (χ3n) is 12.8. The van der Waals surface area contributed by atoms with Crippen molar-refractivity contribution in [1.82, 2.24) is 0 Å². The number of unbranched alkanes of at least 4 members (excludes halogenated alkanes) is 27. The zero-order valence-corrected chi connectivity index (χ0v) is 47.2. The molecule has 1 atom stereocenters. The number of ether oxygens (including phenoxy) is 3. The van der Waals surface area contributed by atoms with Gasteiger partial charge >= 0.3 is 17.9 Å². The summed E-state index contributed by atoms with van der Waals surface area (Å²) in [6.07, 6.45) is 79.9. The van der Waals surface area contributed by atoms with Gasteiger partial charge in [-0.25, -0.2) is 0 Å². The van der Waals surface area contributed by atoms with E-state index in [-0.39, 0.29) is 31.1 Å². The van der Waals surface area contributed by atoms with Gasteiger partial charge in [0.15, 0.2) is 6.10 Å². The maximum absolute atomic E-state index is 12.8. The monoisotopic (exact) mass is 1000 g/mol. The first-order valence-electron chi connectivity index (χ1n) is 30.2. The first-order valence-corrected chi connectivity index (χ1v) is 30.2. The Bertz CT molecular complexity index is 1430. The lowest BCUT2D eigenvalue weighted by Crippen LogP contribution is -2.30. The molecule has 72 heavy (non-hydrogen) atoms. The molecule has 0 fully saturated rings. The second kappa shape index (κ2) is 59.9. The van der Waals surface area contributed by atoms with Gasteiger partial charge in [-0.1, -0.05) is 266 Å². The van der Waals surface area contributed by atoms with Crippen molar-refractivity contribution < 1.29 is 28.6 Å². The fourth-order valence-corrected chi connectivity index (χ4v) is 8.37. The molecule has 412 valence electrons. The van der Waals surface area contributed by atoms with Crippen LogP contribution in [-0.4, -0.2) is 37.2 Å². The molecule has 0 N–H and O–H groups in total. The van der Waals surface area contributed by atoms with Crippen LogP contribution in [0.5, 0.6) is 0 Å². The molecule has 6 nitrogen and oxygen atoms in total. The topological polar surface area (TPSA) is 78.9 Å². The van der Waals surface area contributed by atoms with Crippen molar-refractivity contribution in [3.63, 3.8) is 0 Å². The summed E-state index contributed by atoms with van der Waals surface area (Å²) in [5.41, 5.74) is 0. The molecule has 0 bridgehead atoms. The van der Waals surface area contributed by atoms with Crippen LogP contribution in [0.3, 0.4) is 0 Å². The van der Waals surface area contributed by atoms with Crippen molar-refractivity contribution in [2.45, 2.75) is 290 Å². The van der Waals surface area contributed by atoms with Gasteiger partial charge in [-0.05, 0) is 96.3 Å². The average molecular weight is 1000 g/mol. The fraction of sp³-hybridized carbons (Fsp3) is 0.712. The van der Waals surface area contributed by atoms with E-state index in [9.17, 15) is 14.4 Å². The summed E-state index contributed by atoms with van der Waals surface area (Å²) in [7, 11) is 0. The molecule has 0 aliphatic heterocycles. The summed E-state index contributed by atoms with van der Waals surface area (Å²) in [4.78, 5) is 38.1. The second-order valence-corrected chi connectivity index (χ2v) is 19.9. The van der Waals surface area contributed by atoms with E-state index < -0.39 is 6.10 Å². The number of hydrogen-bond donors (Lipinski definition) is 0. The van der Waals surface area contributed by atoms with Crippen LogP contribution < -0.4 is 0 Å². The Morgan fingerprint density at radius 3 is 0.847 bits per heavy atom. The molecule has 0 aromatic heterocycles. The highest BCUT2D eigenvalue weighted by Crippen LogP contribution is 2.16. The summed E-state index contributed by atoms with van der Waals surface area (Å²) >= 11 is 0. The smallest absolute Gasteiger partial charge is 0.306 e. The van der Waals surface area contributed by atoms with Crippen LogP contribution in [0.2, 0.25) is 0 Å². The Morgan fingerprint density at radius 1 is 0.292 bits per heavy atom. The lowest BCUT2D eigenvalue weighted by molar-refractivity contribution is -0.167. The Hall–Kier alpha value is -3.67. The molecule has 0 radical (unpaired) electrons. The van der Waals surface area contributed by atoms with Gasteiger partial charge in [-0.3, -0.25) is 14.4 Å². The summed E-state index contributed by atoms with van der Waals surface area (Å²) < 4.78 is 16.8. The van der Waals surface area contributed by atoms with E-state index in [0.717, 1.165) is 122 Å². The van der Waals surface area contributed by atoms with Gasteiger partial charge in [0.1, 0.15) is 13.2 Å². The number of carbonyl (C=O) groups excluding carboxylic acids is 3. The second-order valence-electron chi connectivity index (χ2n) is 19.9. The van der Waals surface area contributed by atoms with Crippen molar-refractivity contribution in [2.24, 2.45) is 0 Å². The Kier molecular flexibility index (Phi) is 56.8. The Labute approximate surface area is 445 Å². The van der Waals surface area contributed by atoms with Crippen molar-refractivity contribution in [3.8, 4) is 0 Å². The van der Waals surface area contributed by atoms with E-state index in [1.54, 1.807) is 0 Å². The molecule has 0 aromatic rings. The molecule has 0 saturated carbocycles. The molecule has 0 heterocycles. The molecule has 0 rings (SSSR count). The summed E-state index contributed by atoms with van der Waals surface area (Å²) in [5.74, 6) is -0.905. The first-order chi connectivity index (χ1) is 35.5. The number of allylic oxidation sites excluding steroid dienone is 16. The van der Waals surface area contributed by atoms with Crippen LogP contribution in [0, 0.1) is 0 Å². The van der Waals surface area contributed by atoms with Crippen LogP contribution in [0.4, 0.5) is 0 Å². The molecule has 0 aliphatic rings. The van der Waals surface area contributed by atoms with E-state index in [0.29, 0.717) is 19.3 Å². The molecule has 1 unspecified atom stereocenters. The minimum Gasteiger partial charge on any atom is -0.462 e. The third kappa shape index (κ3) is 57.2. The van der Waals surface area contributed by atoms with Crippen LogP contribution in [0.15, 0.2) is 97.2 Å². The number of rotatable bonds is 54. The van der Waals surface area contributed by atoms with E-state index in [1.807, 2.05) is 0 Å². The maximum atomic E-state index is 12.8. The third-order valence-corrected chi connectivity index (χ3v) is 12.8. The highest BCUT2D eigenvalue weighted by Gasteiger charge is 2.19. The molecule has 0 aliphatic carbocycles. The highest BCUT2D eigenvalue weighted by molar-refractivity contribution is 5.71. The first kappa shape index (κ1) is 68.3. The minimum absolute atomic E-state index is 0.0851. The van der Waals surface area contributed by atoms with Crippen LogP contribution in [0.1, 0.15) is 284 Å². The zero-order chi connectivity index (χ0) is 52.2. The van der Waals surface area contributed by atoms with Gasteiger partial charge in [-0.15, -0.1) is 0 Å². The van der Waals surface area contributed by atoms with Crippen molar-refractivity contribution in [2.75, 3.05) is 13.2 Å². The van der Waals surface area contributed by atoms with Crippen molar-refractivity contribution in [1.29, 1.82) is 0 Å². The predicted molar refractivity (Wildman–Crippen MR) is 311 cm³/mol. The predicted octanol–water partition coefficient (Wildman–Crippen LogP) is 20.5. The normalized spacial score (nSPS) is 12.8. The van der Waals surface area contributed by atoms with Crippen molar-refractivity contribution >= 4 is 17.9 Å². The van der Waals surface area contributed by atoms with E-state index >= 15 is 0 Å². The van der Waals surface area contributed by atoms with Gasteiger partial charge in [-0.2, -0.15) is 0 Å². The summed E-state index contributed by atoms with van der Waals surface area (Å²) in [6, 6.07) is 0. The lowest BCUT2D eigenvalue weighted by atomic mass is 10.0. The molecular formula is C66H112O6. The maximum Gasteiger partial charge on any atom is 0.306 e. The minimum atomic E-state index is -0.789. The largest absolute Gasteiger partial charge is 0.462 e. The molecule has 6 heteroatoms. The van der Waals surface area contributed by atoms with Gasteiger partial charge < -0.3 is 14.2 Å². The van der Waals surface area contributed by atoms with E-state index in [1.165, 1.54) is 122 Å². The Balaban J connectivity index is 4.24. The molecule has 0 amide bonds. The van der Waals surface area contributed by atoms with Gasteiger partial charge in [0.2, 0.25) is 0 Å². The number of esters is 3. The number of carbonyl (C=O) groups is 3.